The maximum absolute atomic E-state index is 13.4. The predicted octanol–water partition coefficient (Wildman–Crippen LogP) is 3.95. The maximum atomic E-state index is 13.4. The third-order valence-corrected chi connectivity index (χ3v) is 6.56. The van der Waals surface area contributed by atoms with Crippen molar-refractivity contribution in [2.75, 3.05) is 26.2 Å². The molecule has 2 unspecified atom stereocenters. The fourth-order valence-electron chi connectivity index (χ4n) is 4.70. The van der Waals surface area contributed by atoms with E-state index in [0.717, 1.165) is 48.1 Å². The lowest BCUT2D eigenvalue weighted by Gasteiger charge is -2.30. The molecule has 6 heteroatoms. The minimum atomic E-state index is -0.581. The molecule has 0 saturated carbocycles. The molecule has 0 saturated heterocycles. The summed E-state index contributed by atoms with van der Waals surface area (Å²) in [6.07, 6.45) is 2.85. The van der Waals surface area contributed by atoms with Crippen molar-refractivity contribution in [2.24, 2.45) is 0 Å². The van der Waals surface area contributed by atoms with E-state index in [1.54, 1.807) is 4.90 Å². The van der Waals surface area contributed by atoms with Crippen molar-refractivity contribution in [2.45, 2.75) is 39.3 Å². The highest BCUT2D eigenvalue weighted by atomic mass is 16.2. The van der Waals surface area contributed by atoms with Crippen molar-refractivity contribution < 1.29 is 9.59 Å². The highest BCUT2D eigenvalue weighted by Gasteiger charge is 2.42. The molecule has 2 N–H and O–H groups in total. The molecule has 3 aromatic rings. The maximum Gasteiger partial charge on any atom is 0.255 e. The van der Waals surface area contributed by atoms with Gasteiger partial charge < -0.3 is 20.1 Å². The molecule has 0 bridgehead atoms. The first-order valence-electron chi connectivity index (χ1n) is 11.5. The second kappa shape index (κ2) is 9.57. The van der Waals surface area contributed by atoms with Crippen LogP contribution in [0.25, 0.3) is 10.9 Å². The SMILES string of the molecule is CCN(CC)CCCNC(=O)C(C)N1C(=O)c2ccccc2C1c1c[nH]c2ccccc12. The average Bonchev–Trinajstić information content (AvgIpc) is 3.37. The van der Waals surface area contributed by atoms with Crippen LogP contribution in [0.2, 0.25) is 0 Å². The van der Waals surface area contributed by atoms with Gasteiger partial charge in [0.1, 0.15) is 6.04 Å². The van der Waals surface area contributed by atoms with E-state index in [0.29, 0.717) is 12.1 Å². The Labute approximate surface area is 189 Å². The molecule has 1 aliphatic rings. The van der Waals surface area contributed by atoms with Crippen LogP contribution in [0.3, 0.4) is 0 Å². The summed E-state index contributed by atoms with van der Waals surface area (Å²) >= 11 is 0. The summed E-state index contributed by atoms with van der Waals surface area (Å²) in [7, 11) is 0. The monoisotopic (exact) mass is 432 g/mol. The highest BCUT2D eigenvalue weighted by Crippen LogP contribution is 2.42. The van der Waals surface area contributed by atoms with Gasteiger partial charge in [-0.05, 0) is 50.7 Å². The van der Waals surface area contributed by atoms with E-state index < -0.39 is 6.04 Å². The number of hydrogen-bond acceptors (Lipinski definition) is 3. The normalized spacial score (nSPS) is 16.6. The van der Waals surface area contributed by atoms with Crippen molar-refractivity contribution in [3.05, 3.63) is 71.4 Å². The minimum absolute atomic E-state index is 0.0957. The molecule has 0 fully saturated rings. The number of nitrogens with zero attached hydrogens (tertiary/aromatic N) is 2. The Hall–Kier alpha value is -3.12. The zero-order valence-corrected chi connectivity index (χ0v) is 19.1. The lowest BCUT2D eigenvalue weighted by Crippen LogP contribution is -2.47. The number of nitrogens with one attached hydrogen (secondary N) is 2. The molecule has 32 heavy (non-hydrogen) atoms. The summed E-state index contributed by atoms with van der Waals surface area (Å²) < 4.78 is 0. The van der Waals surface area contributed by atoms with Crippen LogP contribution in [0.5, 0.6) is 0 Å². The number of aromatic nitrogens is 1. The first kappa shape index (κ1) is 22.1. The number of amides is 2. The van der Waals surface area contributed by atoms with E-state index in [4.69, 9.17) is 0 Å². The number of aromatic amines is 1. The van der Waals surface area contributed by atoms with E-state index in [1.807, 2.05) is 55.6 Å². The molecule has 0 aliphatic carbocycles. The number of carbonyl (C=O) groups is 2. The summed E-state index contributed by atoms with van der Waals surface area (Å²) in [5.41, 5.74) is 3.65. The van der Waals surface area contributed by atoms with E-state index in [2.05, 4.69) is 35.1 Å². The topological polar surface area (TPSA) is 68.4 Å². The van der Waals surface area contributed by atoms with Crippen LogP contribution < -0.4 is 5.32 Å². The Bertz CT molecular complexity index is 1100. The molecule has 2 amide bonds. The fraction of sp³-hybridized carbons (Fsp3) is 0.385. The second-order valence-corrected chi connectivity index (χ2v) is 8.34. The van der Waals surface area contributed by atoms with E-state index in [9.17, 15) is 9.59 Å². The van der Waals surface area contributed by atoms with Gasteiger partial charge in [0.25, 0.3) is 5.91 Å². The zero-order valence-electron chi connectivity index (χ0n) is 19.1. The molecule has 4 rings (SSSR count). The molecular weight excluding hydrogens is 400 g/mol. The molecule has 0 spiro atoms. The van der Waals surface area contributed by atoms with Crippen LogP contribution in [0.1, 0.15) is 54.7 Å². The number of fused-ring (bicyclic) bond motifs is 2. The van der Waals surface area contributed by atoms with E-state index in [-0.39, 0.29) is 17.9 Å². The van der Waals surface area contributed by atoms with Crippen molar-refractivity contribution >= 4 is 22.7 Å². The van der Waals surface area contributed by atoms with Gasteiger partial charge in [-0.25, -0.2) is 0 Å². The van der Waals surface area contributed by atoms with Gasteiger partial charge in [0.2, 0.25) is 5.91 Å². The second-order valence-electron chi connectivity index (χ2n) is 8.34. The quantitative estimate of drug-likeness (QED) is 0.503. The molecule has 0 radical (unpaired) electrons. The van der Waals surface area contributed by atoms with Gasteiger partial charge in [-0.1, -0.05) is 50.2 Å². The molecule has 2 atom stereocenters. The number of H-pyrrole nitrogens is 1. The fourth-order valence-corrected chi connectivity index (χ4v) is 4.70. The van der Waals surface area contributed by atoms with Gasteiger partial charge in [-0.15, -0.1) is 0 Å². The minimum Gasteiger partial charge on any atom is -0.361 e. The van der Waals surface area contributed by atoms with Crippen LogP contribution in [0.15, 0.2) is 54.7 Å². The van der Waals surface area contributed by atoms with Crippen molar-refractivity contribution in [1.82, 2.24) is 20.1 Å². The van der Waals surface area contributed by atoms with Crippen LogP contribution in [-0.2, 0) is 4.79 Å². The third kappa shape index (κ3) is 4.02. The number of benzene rings is 2. The molecular formula is C26H32N4O2. The van der Waals surface area contributed by atoms with E-state index in [1.165, 1.54) is 0 Å². The smallest absolute Gasteiger partial charge is 0.255 e. The van der Waals surface area contributed by atoms with Crippen LogP contribution >= 0.6 is 0 Å². The van der Waals surface area contributed by atoms with E-state index >= 15 is 0 Å². The summed E-state index contributed by atoms with van der Waals surface area (Å²) in [5, 5.41) is 4.11. The predicted molar refractivity (Wildman–Crippen MR) is 128 cm³/mol. The summed E-state index contributed by atoms with van der Waals surface area (Å²) in [6.45, 7) is 9.68. The lowest BCUT2D eigenvalue weighted by atomic mass is 9.97. The van der Waals surface area contributed by atoms with Crippen molar-refractivity contribution in [1.29, 1.82) is 0 Å². The van der Waals surface area contributed by atoms with Crippen molar-refractivity contribution in [3.63, 3.8) is 0 Å². The molecule has 1 aromatic heterocycles. The number of rotatable bonds is 9. The zero-order chi connectivity index (χ0) is 22.7. The summed E-state index contributed by atoms with van der Waals surface area (Å²) in [6, 6.07) is 14.9. The average molecular weight is 433 g/mol. The Balaban J connectivity index is 1.57. The Morgan fingerprint density at radius 1 is 1.09 bits per heavy atom. The van der Waals surface area contributed by atoms with Gasteiger partial charge in [-0.2, -0.15) is 0 Å². The molecule has 168 valence electrons. The van der Waals surface area contributed by atoms with Gasteiger partial charge in [0, 0.05) is 34.8 Å². The standard InChI is InChI=1S/C26H32N4O2/c1-4-29(5-2)16-10-15-27-25(31)18(3)30-24(20-12-6-7-13-21(20)26(30)32)22-17-28-23-14-9-8-11-19(22)23/h6-9,11-14,17-18,24,28H,4-5,10,15-16H2,1-3H3,(H,27,31). The Morgan fingerprint density at radius 2 is 1.81 bits per heavy atom. The first-order valence-corrected chi connectivity index (χ1v) is 11.5. The molecule has 1 aliphatic heterocycles. The highest BCUT2D eigenvalue weighted by molar-refractivity contribution is 6.03. The number of carbonyl (C=O) groups excluding carboxylic acids is 2. The van der Waals surface area contributed by atoms with Crippen molar-refractivity contribution in [3.8, 4) is 0 Å². The first-order chi connectivity index (χ1) is 15.6. The summed E-state index contributed by atoms with van der Waals surface area (Å²) in [4.78, 5) is 33.9. The Morgan fingerprint density at radius 3 is 2.59 bits per heavy atom. The van der Waals surface area contributed by atoms with Crippen LogP contribution in [-0.4, -0.2) is 58.8 Å². The number of hydrogen-bond donors (Lipinski definition) is 2. The van der Waals surface area contributed by atoms with Gasteiger partial charge in [-0.3, -0.25) is 9.59 Å². The molecule has 6 nitrogen and oxygen atoms in total. The van der Waals surface area contributed by atoms with Gasteiger partial charge >= 0.3 is 0 Å². The van der Waals surface area contributed by atoms with Gasteiger partial charge in [0.05, 0.1) is 6.04 Å². The molecule has 2 heterocycles. The van der Waals surface area contributed by atoms with Crippen LogP contribution in [0.4, 0.5) is 0 Å². The largest absolute Gasteiger partial charge is 0.361 e. The van der Waals surface area contributed by atoms with Gasteiger partial charge in [0.15, 0.2) is 0 Å². The number of para-hydroxylation sites is 1. The Kier molecular flexibility index (Phi) is 6.61. The summed E-state index contributed by atoms with van der Waals surface area (Å²) in [5.74, 6) is -0.211. The lowest BCUT2D eigenvalue weighted by molar-refractivity contribution is -0.125. The van der Waals surface area contributed by atoms with Crippen LogP contribution in [0, 0.1) is 0 Å². The third-order valence-electron chi connectivity index (χ3n) is 6.56. The molecule has 2 aromatic carbocycles.